The fourth-order valence-corrected chi connectivity index (χ4v) is 5.83. The molecule has 1 spiro atoms. The van der Waals surface area contributed by atoms with Gasteiger partial charge in [-0.2, -0.15) is 4.31 Å². The number of hydrogen-bond donors (Lipinski definition) is 0. The van der Waals surface area contributed by atoms with Gasteiger partial charge >= 0.3 is 0 Å². The highest BCUT2D eigenvalue weighted by molar-refractivity contribution is 7.89. The normalized spacial score (nSPS) is 24.4. The van der Waals surface area contributed by atoms with Crippen LogP contribution in [0.5, 0.6) is 0 Å². The van der Waals surface area contributed by atoms with Crippen LogP contribution < -0.4 is 0 Å². The Morgan fingerprint density at radius 3 is 2.69 bits per heavy atom. The molecule has 156 valence electrons. The molecular formula is C22H29N3O3S. The number of aromatic nitrogens is 1. The number of morpholine rings is 1. The van der Waals surface area contributed by atoms with Crippen LogP contribution in [0.1, 0.15) is 30.4 Å². The van der Waals surface area contributed by atoms with Crippen molar-refractivity contribution in [2.45, 2.75) is 43.2 Å². The van der Waals surface area contributed by atoms with Gasteiger partial charge in [0.05, 0.1) is 17.1 Å². The molecular weight excluding hydrogens is 386 g/mol. The highest BCUT2D eigenvalue weighted by Gasteiger charge is 2.40. The van der Waals surface area contributed by atoms with E-state index in [9.17, 15) is 8.42 Å². The lowest BCUT2D eigenvalue weighted by molar-refractivity contribution is -0.117. The van der Waals surface area contributed by atoms with Crippen LogP contribution in [0.15, 0.2) is 53.7 Å². The molecule has 2 fully saturated rings. The zero-order chi connectivity index (χ0) is 20.3. The third-order valence-electron chi connectivity index (χ3n) is 5.97. The van der Waals surface area contributed by atoms with E-state index in [2.05, 4.69) is 16.0 Å². The van der Waals surface area contributed by atoms with Crippen molar-refractivity contribution in [3.63, 3.8) is 0 Å². The molecule has 2 saturated heterocycles. The molecule has 0 N–H and O–H groups in total. The quantitative estimate of drug-likeness (QED) is 0.768. The first-order valence-electron chi connectivity index (χ1n) is 10.3. The molecule has 6 nitrogen and oxygen atoms in total. The molecule has 1 unspecified atom stereocenters. The largest absolute Gasteiger partial charge is 0.372 e. The van der Waals surface area contributed by atoms with Crippen LogP contribution in [0.2, 0.25) is 0 Å². The number of nitrogens with zero attached hydrogens (tertiary/aromatic N) is 3. The fraction of sp³-hybridized carbons (Fsp3) is 0.500. The molecule has 2 aromatic rings. The number of aryl methyl sites for hydroxylation is 1. The van der Waals surface area contributed by atoms with Gasteiger partial charge in [0.25, 0.3) is 0 Å². The fourth-order valence-electron chi connectivity index (χ4n) is 4.35. The molecule has 1 aromatic heterocycles. The first-order valence-corrected chi connectivity index (χ1v) is 11.7. The van der Waals surface area contributed by atoms with Crippen molar-refractivity contribution in [3.8, 4) is 0 Å². The SMILES string of the molecule is Cc1ccc(S(=O)(=O)N2CCCC3(CC2)CN(Cc2cccnc2)CCO3)cc1. The van der Waals surface area contributed by atoms with Crippen LogP contribution in [0.4, 0.5) is 0 Å². The summed E-state index contributed by atoms with van der Waals surface area (Å²) >= 11 is 0. The van der Waals surface area contributed by atoms with Gasteiger partial charge in [-0.25, -0.2) is 8.42 Å². The first kappa shape index (κ1) is 20.5. The Kier molecular flexibility index (Phi) is 6.01. The molecule has 7 heteroatoms. The highest BCUT2D eigenvalue weighted by Crippen LogP contribution is 2.32. The van der Waals surface area contributed by atoms with Crippen LogP contribution in [0.25, 0.3) is 0 Å². The molecule has 1 atom stereocenters. The Morgan fingerprint density at radius 1 is 1.10 bits per heavy atom. The van der Waals surface area contributed by atoms with E-state index in [1.54, 1.807) is 22.6 Å². The maximum absolute atomic E-state index is 13.1. The average Bonchev–Trinajstić information content (AvgIpc) is 2.92. The molecule has 1 aromatic carbocycles. The number of rotatable bonds is 4. The number of sulfonamides is 1. The predicted molar refractivity (Wildman–Crippen MR) is 112 cm³/mol. The lowest BCUT2D eigenvalue weighted by Gasteiger charge is -2.42. The number of pyridine rings is 1. The van der Waals surface area contributed by atoms with Gasteiger partial charge in [-0.1, -0.05) is 23.8 Å². The topological polar surface area (TPSA) is 62.7 Å². The van der Waals surface area contributed by atoms with E-state index in [0.29, 0.717) is 24.6 Å². The number of ether oxygens (including phenoxy) is 1. The van der Waals surface area contributed by atoms with Crippen molar-refractivity contribution in [1.82, 2.24) is 14.2 Å². The van der Waals surface area contributed by atoms with Gasteiger partial charge in [0.15, 0.2) is 0 Å². The summed E-state index contributed by atoms with van der Waals surface area (Å²) in [7, 11) is -3.46. The maximum Gasteiger partial charge on any atom is 0.243 e. The third-order valence-corrected chi connectivity index (χ3v) is 7.88. The van der Waals surface area contributed by atoms with E-state index in [-0.39, 0.29) is 5.60 Å². The number of hydrogen-bond acceptors (Lipinski definition) is 5. The predicted octanol–water partition coefficient (Wildman–Crippen LogP) is 2.84. The molecule has 2 aliphatic heterocycles. The molecule has 4 rings (SSSR count). The summed E-state index contributed by atoms with van der Waals surface area (Å²) in [5.41, 5.74) is 1.99. The van der Waals surface area contributed by atoms with Crippen molar-refractivity contribution in [3.05, 3.63) is 59.9 Å². The van der Waals surface area contributed by atoms with Crippen LogP contribution in [-0.4, -0.2) is 61.0 Å². The van der Waals surface area contributed by atoms with Crippen LogP contribution in [0, 0.1) is 6.92 Å². The molecule has 0 radical (unpaired) electrons. The van der Waals surface area contributed by atoms with E-state index < -0.39 is 10.0 Å². The van der Waals surface area contributed by atoms with E-state index in [1.807, 2.05) is 31.3 Å². The van der Waals surface area contributed by atoms with Gasteiger partial charge in [-0.05, 0) is 49.9 Å². The summed E-state index contributed by atoms with van der Waals surface area (Å²) < 4.78 is 34.1. The number of benzene rings is 1. The van der Waals surface area contributed by atoms with Crippen LogP contribution >= 0.6 is 0 Å². The Labute approximate surface area is 173 Å². The van der Waals surface area contributed by atoms with Crippen molar-refractivity contribution >= 4 is 10.0 Å². The molecule has 0 saturated carbocycles. The minimum absolute atomic E-state index is 0.266. The Hall–Kier alpha value is -1.80. The standard InChI is InChI=1S/C22H29N3O3S/c1-19-5-7-21(8-6-19)29(26,27)25-12-3-9-22(10-13-25)18-24(14-15-28-22)17-20-4-2-11-23-16-20/h2,4-8,11,16H,3,9-10,12-15,17-18H2,1H3. The summed E-state index contributed by atoms with van der Waals surface area (Å²) in [6.45, 7) is 6.27. The molecule has 3 heterocycles. The monoisotopic (exact) mass is 415 g/mol. The van der Waals surface area contributed by atoms with Crippen molar-refractivity contribution in [1.29, 1.82) is 0 Å². The second-order valence-electron chi connectivity index (χ2n) is 8.17. The maximum atomic E-state index is 13.1. The van der Waals surface area contributed by atoms with Gasteiger partial charge in [-0.15, -0.1) is 0 Å². The molecule has 29 heavy (non-hydrogen) atoms. The Bertz CT molecular complexity index is 918. The van der Waals surface area contributed by atoms with Gasteiger partial charge in [0, 0.05) is 45.1 Å². The highest BCUT2D eigenvalue weighted by atomic mass is 32.2. The van der Waals surface area contributed by atoms with Gasteiger partial charge in [0.2, 0.25) is 10.0 Å². The van der Waals surface area contributed by atoms with Crippen LogP contribution in [-0.2, 0) is 21.3 Å². The second kappa shape index (κ2) is 8.52. The minimum atomic E-state index is -3.46. The second-order valence-corrected chi connectivity index (χ2v) is 10.1. The zero-order valence-electron chi connectivity index (χ0n) is 17.0. The van der Waals surface area contributed by atoms with E-state index in [0.717, 1.165) is 44.5 Å². The van der Waals surface area contributed by atoms with Crippen LogP contribution in [0.3, 0.4) is 0 Å². The summed E-state index contributed by atoms with van der Waals surface area (Å²) in [5.74, 6) is 0. The molecule has 0 bridgehead atoms. The lowest BCUT2D eigenvalue weighted by Crippen LogP contribution is -2.52. The van der Waals surface area contributed by atoms with E-state index in [4.69, 9.17) is 4.74 Å². The van der Waals surface area contributed by atoms with E-state index >= 15 is 0 Å². The minimum Gasteiger partial charge on any atom is -0.372 e. The molecule has 2 aliphatic rings. The zero-order valence-corrected chi connectivity index (χ0v) is 17.8. The van der Waals surface area contributed by atoms with Crippen molar-refractivity contribution in [2.75, 3.05) is 32.8 Å². The smallest absolute Gasteiger partial charge is 0.243 e. The van der Waals surface area contributed by atoms with E-state index in [1.165, 1.54) is 5.56 Å². The van der Waals surface area contributed by atoms with Gasteiger partial charge < -0.3 is 4.74 Å². The summed E-state index contributed by atoms with van der Waals surface area (Å²) in [6, 6.07) is 11.2. The van der Waals surface area contributed by atoms with Crippen molar-refractivity contribution < 1.29 is 13.2 Å². The van der Waals surface area contributed by atoms with Gasteiger partial charge in [-0.3, -0.25) is 9.88 Å². The summed E-state index contributed by atoms with van der Waals surface area (Å²) in [4.78, 5) is 6.99. The molecule has 0 amide bonds. The van der Waals surface area contributed by atoms with Crippen molar-refractivity contribution in [2.24, 2.45) is 0 Å². The van der Waals surface area contributed by atoms with Gasteiger partial charge in [0.1, 0.15) is 0 Å². The third kappa shape index (κ3) is 4.69. The first-order chi connectivity index (χ1) is 14.0. The summed E-state index contributed by atoms with van der Waals surface area (Å²) in [5, 5.41) is 0. The average molecular weight is 416 g/mol. The Morgan fingerprint density at radius 2 is 1.93 bits per heavy atom. The lowest BCUT2D eigenvalue weighted by atomic mass is 9.92. The molecule has 0 aliphatic carbocycles. The Balaban J connectivity index is 1.44. The summed E-state index contributed by atoms with van der Waals surface area (Å²) in [6.07, 6.45) is 6.12.